The number of ether oxygens (including phenoxy) is 1. The van der Waals surface area contributed by atoms with Crippen LogP contribution in [0.2, 0.25) is 0 Å². The monoisotopic (exact) mass is 201 g/mol. The molecule has 0 saturated carbocycles. The number of methoxy groups -OCH3 is 1. The minimum absolute atomic E-state index is 0.626. The van der Waals surface area contributed by atoms with Gasteiger partial charge in [-0.3, -0.25) is 0 Å². The molecule has 2 aliphatic rings. The van der Waals surface area contributed by atoms with E-state index in [2.05, 4.69) is 17.1 Å². The summed E-state index contributed by atoms with van der Waals surface area (Å²) in [5, 5.41) is 3.55. The minimum Gasteiger partial charge on any atom is -0.383 e. The van der Waals surface area contributed by atoms with E-state index in [4.69, 9.17) is 4.74 Å². The fraction of sp³-hybridized carbons (Fsp3) is 1.00. The van der Waals surface area contributed by atoms with E-state index in [1.807, 2.05) is 0 Å². The Morgan fingerprint density at radius 1 is 1.46 bits per heavy atom. The summed E-state index contributed by atoms with van der Waals surface area (Å²) in [5.74, 6) is 4.69. The Kier molecular flexibility index (Phi) is 3.52. The molecule has 2 fully saturated rings. The van der Waals surface area contributed by atoms with E-state index in [1.165, 1.54) is 30.9 Å². The molecule has 3 unspecified atom stereocenters. The predicted molar refractivity (Wildman–Crippen MR) is 57.2 cm³/mol. The molecule has 3 heteroatoms. The van der Waals surface area contributed by atoms with Crippen LogP contribution >= 0.6 is 11.8 Å². The Hall–Kier alpha value is 0.270. The van der Waals surface area contributed by atoms with E-state index in [0.29, 0.717) is 6.04 Å². The highest BCUT2D eigenvalue weighted by molar-refractivity contribution is 7.99. The molecule has 76 valence electrons. The van der Waals surface area contributed by atoms with Crippen molar-refractivity contribution in [2.24, 2.45) is 11.8 Å². The quantitative estimate of drug-likeness (QED) is 0.745. The van der Waals surface area contributed by atoms with Crippen LogP contribution in [0.5, 0.6) is 0 Å². The van der Waals surface area contributed by atoms with Crippen LogP contribution in [-0.4, -0.2) is 37.8 Å². The van der Waals surface area contributed by atoms with E-state index in [1.54, 1.807) is 7.11 Å². The molecule has 0 spiro atoms. The molecule has 0 aromatic rings. The summed E-state index contributed by atoms with van der Waals surface area (Å²) < 4.78 is 5.17. The van der Waals surface area contributed by atoms with Crippen molar-refractivity contribution in [1.82, 2.24) is 5.32 Å². The SMILES string of the molecule is COCC1CC(C2CCSC2)CN1. The summed E-state index contributed by atoms with van der Waals surface area (Å²) >= 11 is 2.12. The normalized spacial score (nSPS) is 39.9. The molecular weight excluding hydrogens is 182 g/mol. The molecule has 3 atom stereocenters. The summed E-state index contributed by atoms with van der Waals surface area (Å²) in [6.45, 7) is 2.11. The van der Waals surface area contributed by atoms with Gasteiger partial charge in [-0.2, -0.15) is 11.8 Å². The van der Waals surface area contributed by atoms with E-state index < -0.39 is 0 Å². The molecule has 0 radical (unpaired) electrons. The van der Waals surface area contributed by atoms with Gasteiger partial charge >= 0.3 is 0 Å². The molecule has 0 bridgehead atoms. The first-order valence-electron chi connectivity index (χ1n) is 5.20. The molecule has 0 amide bonds. The summed E-state index contributed by atoms with van der Waals surface area (Å²) in [6.07, 6.45) is 2.77. The van der Waals surface area contributed by atoms with Crippen molar-refractivity contribution < 1.29 is 4.74 Å². The van der Waals surface area contributed by atoms with Gasteiger partial charge in [-0.05, 0) is 42.7 Å². The van der Waals surface area contributed by atoms with Crippen LogP contribution in [0.15, 0.2) is 0 Å². The Bertz CT molecular complexity index is 159. The molecule has 13 heavy (non-hydrogen) atoms. The molecule has 2 heterocycles. The first-order chi connectivity index (χ1) is 6.40. The molecule has 0 aromatic heterocycles. The highest BCUT2D eigenvalue weighted by Crippen LogP contribution is 2.33. The number of hydrogen-bond donors (Lipinski definition) is 1. The maximum Gasteiger partial charge on any atom is 0.0615 e. The van der Waals surface area contributed by atoms with Gasteiger partial charge in [0.05, 0.1) is 6.61 Å². The summed E-state index contributed by atoms with van der Waals surface area (Å²) in [4.78, 5) is 0. The van der Waals surface area contributed by atoms with Gasteiger partial charge in [0.2, 0.25) is 0 Å². The van der Waals surface area contributed by atoms with E-state index in [-0.39, 0.29) is 0 Å². The summed E-state index contributed by atoms with van der Waals surface area (Å²) in [6, 6.07) is 0.626. The lowest BCUT2D eigenvalue weighted by Gasteiger charge is -2.15. The topological polar surface area (TPSA) is 21.3 Å². The fourth-order valence-electron chi connectivity index (χ4n) is 2.46. The van der Waals surface area contributed by atoms with Gasteiger partial charge in [-0.15, -0.1) is 0 Å². The molecule has 2 saturated heterocycles. The number of hydrogen-bond acceptors (Lipinski definition) is 3. The zero-order valence-corrected chi connectivity index (χ0v) is 9.11. The lowest BCUT2D eigenvalue weighted by Crippen LogP contribution is -2.25. The number of thioether (sulfide) groups is 1. The van der Waals surface area contributed by atoms with E-state index in [0.717, 1.165) is 18.4 Å². The lowest BCUT2D eigenvalue weighted by molar-refractivity contribution is 0.171. The predicted octanol–water partition coefficient (Wildman–Crippen LogP) is 1.36. The molecule has 0 aliphatic carbocycles. The number of nitrogens with one attached hydrogen (secondary N) is 1. The van der Waals surface area contributed by atoms with Gasteiger partial charge in [-0.1, -0.05) is 0 Å². The van der Waals surface area contributed by atoms with Crippen LogP contribution in [0.3, 0.4) is 0 Å². The highest BCUT2D eigenvalue weighted by Gasteiger charge is 2.31. The average Bonchev–Trinajstić information content (AvgIpc) is 2.70. The van der Waals surface area contributed by atoms with Gasteiger partial charge in [0, 0.05) is 13.2 Å². The average molecular weight is 201 g/mol. The molecule has 2 nitrogen and oxygen atoms in total. The highest BCUT2D eigenvalue weighted by atomic mass is 32.2. The maximum atomic E-state index is 5.17. The Morgan fingerprint density at radius 3 is 3.08 bits per heavy atom. The minimum atomic E-state index is 0.626. The van der Waals surface area contributed by atoms with Crippen LogP contribution < -0.4 is 5.32 Å². The second-order valence-electron chi connectivity index (χ2n) is 4.18. The third-order valence-electron chi connectivity index (χ3n) is 3.26. The van der Waals surface area contributed by atoms with Gasteiger partial charge < -0.3 is 10.1 Å². The Labute approximate surface area is 84.8 Å². The first kappa shape index (κ1) is 9.81. The van der Waals surface area contributed by atoms with Crippen molar-refractivity contribution in [1.29, 1.82) is 0 Å². The Morgan fingerprint density at radius 2 is 2.38 bits per heavy atom. The first-order valence-corrected chi connectivity index (χ1v) is 6.35. The standard InChI is InChI=1S/C10H19NOS/c1-12-6-10-4-9(5-11-10)8-2-3-13-7-8/h8-11H,2-7H2,1H3. The number of rotatable bonds is 3. The fourth-order valence-corrected chi connectivity index (χ4v) is 3.84. The molecule has 2 aliphatic heterocycles. The zero-order valence-electron chi connectivity index (χ0n) is 8.29. The van der Waals surface area contributed by atoms with Crippen LogP contribution in [0.4, 0.5) is 0 Å². The van der Waals surface area contributed by atoms with E-state index in [9.17, 15) is 0 Å². The van der Waals surface area contributed by atoms with Gasteiger partial charge in [-0.25, -0.2) is 0 Å². The van der Waals surface area contributed by atoms with Gasteiger partial charge in [0.1, 0.15) is 0 Å². The largest absolute Gasteiger partial charge is 0.383 e. The van der Waals surface area contributed by atoms with Gasteiger partial charge in [0.15, 0.2) is 0 Å². The van der Waals surface area contributed by atoms with E-state index >= 15 is 0 Å². The van der Waals surface area contributed by atoms with Crippen molar-refractivity contribution in [3.05, 3.63) is 0 Å². The smallest absolute Gasteiger partial charge is 0.0615 e. The summed E-state index contributed by atoms with van der Waals surface area (Å²) in [5.41, 5.74) is 0. The van der Waals surface area contributed by atoms with Crippen LogP contribution in [0, 0.1) is 11.8 Å². The van der Waals surface area contributed by atoms with Crippen LogP contribution in [0.25, 0.3) is 0 Å². The van der Waals surface area contributed by atoms with Crippen molar-refractivity contribution in [3.8, 4) is 0 Å². The molecule has 2 rings (SSSR count). The lowest BCUT2D eigenvalue weighted by atomic mass is 9.90. The van der Waals surface area contributed by atoms with Crippen molar-refractivity contribution in [2.45, 2.75) is 18.9 Å². The molecule has 1 N–H and O–H groups in total. The third kappa shape index (κ3) is 2.39. The third-order valence-corrected chi connectivity index (χ3v) is 4.44. The second kappa shape index (κ2) is 4.67. The van der Waals surface area contributed by atoms with Gasteiger partial charge in [0.25, 0.3) is 0 Å². The Balaban J connectivity index is 1.76. The molecular formula is C10H19NOS. The van der Waals surface area contributed by atoms with Crippen molar-refractivity contribution in [2.75, 3.05) is 31.8 Å². The van der Waals surface area contributed by atoms with Crippen LogP contribution in [-0.2, 0) is 4.74 Å². The zero-order chi connectivity index (χ0) is 9.10. The maximum absolute atomic E-state index is 5.17. The summed E-state index contributed by atoms with van der Waals surface area (Å²) in [7, 11) is 1.79. The van der Waals surface area contributed by atoms with Crippen molar-refractivity contribution >= 4 is 11.8 Å². The van der Waals surface area contributed by atoms with Crippen molar-refractivity contribution in [3.63, 3.8) is 0 Å². The second-order valence-corrected chi connectivity index (χ2v) is 5.33. The molecule has 0 aromatic carbocycles. The van der Waals surface area contributed by atoms with Crippen LogP contribution in [0.1, 0.15) is 12.8 Å².